The fourth-order valence-corrected chi connectivity index (χ4v) is 12.2. The summed E-state index contributed by atoms with van der Waals surface area (Å²) in [6.07, 6.45) is 0.509. The molecular formula is C13H16I2N2O4. The molecule has 21 heavy (non-hydrogen) atoms. The van der Waals surface area contributed by atoms with Gasteiger partial charge in [-0.15, -0.1) is 0 Å². The zero-order chi connectivity index (χ0) is 14.7. The van der Waals surface area contributed by atoms with E-state index in [-0.39, 0.29) is 51.5 Å². The van der Waals surface area contributed by atoms with Crippen molar-refractivity contribution in [3.05, 3.63) is 0 Å². The zero-order valence-corrected chi connectivity index (χ0v) is 15.9. The first-order valence-electron chi connectivity index (χ1n) is 7.23. The predicted molar refractivity (Wildman–Crippen MR) is 89.5 cm³/mol. The Labute approximate surface area is 143 Å². The summed E-state index contributed by atoms with van der Waals surface area (Å²) in [5, 5.41) is 0. The number of fused-ring (bicyclic) bond motifs is 2. The van der Waals surface area contributed by atoms with Crippen LogP contribution in [-0.4, -0.2) is 31.2 Å². The number of nitrogens with one attached hydrogen (secondary N) is 2. The molecule has 3 saturated heterocycles. The van der Waals surface area contributed by atoms with Crippen LogP contribution in [0.1, 0.15) is 20.3 Å². The Balaban J connectivity index is 1.38. The van der Waals surface area contributed by atoms with Gasteiger partial charge in [-0.3, -0.25) is 0 Å². The Hall–Kier alpha value is 0.320. The number of hydrogen-bond acceptors (Lipinski definition) is 6. The van der Waals surface area contributed by atoms with Crippen LogP contribution in [0.5, 0.6) is 0 Å². The molecule has 7 unspecified atom stereocenters. The molecule has 2 aliphatic carbocycles. The van der Waals surface area contributed by atoms with Crippen LogP contribution in [0.2, 0.25) is 0 Å². The summed E-state index contributed by atoms with van der Waals surface area (Å²) < 4.78 is 17.5. The molecular weight excluding hydrogens is 502 g/mol. The van der Waals surface area contributed by atoms with Gasteiger partial charge in [-0.05, 0) is 0 Å². The van der Waals surface area contributed by atoms with Gasteiger partial charge in [-0.1, -0.05) is 0 Å². The zero-order valence-electron chi connectivity index (χ0n) is 11.6. The summed E-state index contributed by atoms with van der Waals surface area (Å²) in [7, 11) is 0. The Morgan fingerprint density at radius 1 is 1.52 bits per heavy atom. The second kappa shape index (κ2) is 3.86. The van der Waals surface area contributed by atoms with Gasteiger partial charge in [-0.2, -0.15) is 0 Å². The van der Waals surface area contributed by atoms with Crippen LogP contribution in [0, 0.1) is 23.7 Å². The SMILES string of the molecule is CC1C2CC3C(OC(=O)C13)C2OC(=O)C(C)(I)C12NI1N2. The Morgan fingerprint density at radius 3 is 2.81 bits per heavy atom. The molecule has 2 saturated carbocycles. The molecule has 0 spiro atoms. The fraction of sp³-hybridized carbons (Fsp3) is 0.846. The molecule has 0 aromatic carbocycles. The van der Waals surface area contributed by atoms with Crippen LogP contribution in [-0.2, 0) is 19.1 Å². The van der Waals surface area contributed by atoms with Gasteiger partial charge in [0.1, 0.15) is 0 Å². The molecule has 3 aliphatic heterocycles. The van der Waals surface area contributed by atoms with Gasteiger partial charge in [0.05, 0.1) is 0 Å². The number of hydrogen-bond donors (Lipinski definition) is 2. The van der Waals surface area contributed by atoms with E-state index in [2.05, 4.69) is 36.6 Å². The number of ether oxygens (including phenoxy) is 2. The molecule has 116 valence electrons. The number of rotatable bonds is 3. The minimum atomic E-state index is -1.20. The van der Waals surface area contributed by atoms with E-state index in [4.69, 9.17) is 9.47 Å². The van der Waals surface area contributed by atoms with Gasteiger partial charge >= 0.3 is 144 Å². The van der Waals surface area contributed by atoms with Gasteiger partial charge < -0.3 is 0 Å². The second-order valence-electron chi connectivity index (χ2n) is 6.85. The number of esters is 2. The summed E-state index contributed by atoms with van der Waals surface area (Å²) in [5.41, 5.74) is 0. The first kappa shape index (κ1) is 13.7. The van der Waals surface area contributed by atoms with E-state index in [9.17, 15) is 9.59 Å². The van der Waals surface area contributed by atoms with Crippen molar-refractivity contribution in [2.45, 2.75) is 39.6 Å². The number of alkyl halides is 2. The molecule has 0 radical (unpaired) electrons. The Kier molecular flexibility index (Phi) is 2.52. The van der Waals surface area contributed by atoms with Crippen LogP contribution < -0.4 is 7.06 Å². The van der Waals surface area contributed by atoms with E-state index in [0.29, 0.717) is 0 Å². The van der Waals surface area contributed by atoms with Crippen molar-refractivity contribution in [3.63, 3.8) is 0 Å². The summed E-state index contributed by atoms with van der Waals surface area (Å²) in [6.45, 7) is 4.02. The first-order valence-corrected chi connectivity index (χ1v) is 11.5. The average molecular weight is 518 g/mol. The van der Waals surface area contributed by atoms with Crippen LogP contribution in [0.4, 0.5) is 0 Å². The van der Waals surface area contributed by atoms with E-state index in [1.807, 2.05) is 6.92 Å². The average Bonchev–Trinajstić information content (AvgIpc) is 3.17. The first-order chi connectivity index (χ1) is 9.87. The number of carbonyl (C=O) groups is 2. The maximum atomic E-state index is 12.6. The maximum absolute atomic E-state index is 12.6. The summed E-state index contributed by atoms with van der Waals surface area (Å²) >= 11 is 1.00. The molecule has 0 aromatic heterocycles. The van der Waals surface area contributed by atoms with Gasteiger partial charge in [0.25, 0.3) is 0 Å². The van der Waals surface area contributed by atoms with Crippen molar-refractivity contribution in [1.29, 1.82) is 0 Å². The van der Waals surface area contributed by atoms with E-state index in [1.165, 1.54) is 0 Å². The normalized spacial score (nSPS) is 51.2. The third kappa shape index (κ3) is 1.50. The molecule has 7 atom stereocenters. The molecule has 3 heterocycles. The number of halogens is 2. The monoisotopic (exact) mass is 518 g/mol. The van der Waals surface area contributed by atoms with E-state index >= 15 is 0 Å². The van der Waals surface area contributed by atoms with Crippen LogP contribution in [0.15, 0.2) is 0 Å². The van der Waals surface area contributed by atoms with Crippen LogP contribution in [0.3, 0.4) is 0 Å². The van der Waals surface area contributed by atoms with E-state index in [0.717, 1.165) is 6.42 Å². The van der Waals surface area contributed by atoms with Crippen LogP contribution in [0.25, 0.3) is 0 Å². The van der Waals surface area contributed by atoms with Crippen molar-refractivity contribution in [2.24, 2.45) is 23.7 Å². The van der Waals surface area contributed by atoms with Gasteiger partial charge in [0.2, 0.25) is 0 Å². The Bertz CT molecular complexity index is 577. The van der Waals surface area contributed by atoms with Crippen LogP contribution >= 0.6 is 43.0 Å². The summed E-state index contributed by atoms with van der Waals surface area (Å²) in [4.78, 5) is 24.6. The van der Waals surface area contributed by atoms with E-state index in [1.54, 1.807) is 0 Å². The van der Waals surface area contributed by atoms with Crippen molar-refractivity contribution < 1.29 is 19.1 Å². The summed E-state index contributed by atoms with van der Waals surface area (Å²) in [5.74, 6) is 0.570. The quantitative estimate of drug-likeness (QED) is 0.145. The van der Waals surface area contributed by atoms with Crippen molar-refractivity contribution >= 4 is 54.9 Å². The standard InChI is InChI=1S/C13H16I2N2O4/c1-4-5-3-6-7(4)10(18)20-9(6)8(5)21-11(19)12(2,14)13-15(16-13)17-13/h4-9,16-17H,3H2,1-2H3. The molecule has 5 fully saturated rings. The predicted octanol–water partition coefficient (Wildman–Crippen LogP) is 1.12. The molecule has 6 nitrogen and oxygen atoms in total. The Morgan fingerprint density at radius 2 is 2.19 bits per heavy atom. The van der Waals surface area contributed by atoms with Gasteiger partial charge in [0, 0.05) is 0 Å². The molecule has 0 aromatic rings. The minimum absolute atomic E-state index is 0.0347. The van der Waals surface area contributed by atoms with Crippen molar-refractivity contribution in [2.75, 3.05) is 0 Å². The molecule has 0 amide bonds. The molecule has 5 rings (SSSR count). The number of carbonyl (C=O) groups excluding carboxylic acids is 2. The molecule has 5 aliphatic rings. The molecule has 8 heteroatoms. The van der Waals surface area contributed by atoms with Gasteiger partial charge in [0.15, 0.2) is 0 Å². The third-order valence-corrected chi connectivity index (χ3v) is 13.0. The fourth-order valence-electron chi connectivity index (χ4n) is 4.46. The summed E-state index contributed by atoms with van der Waals surface area (Å²) in [6, 6.07) is 0. The molecule has 2 bridgehead atoms. The van der Waals surface area contributed by atoms with E-state index < -0.39 is 23.8 Å². The second-order valence-corrected chi connectivity index (χ2v) is 13.3. The van der Waals surface area contributed by atoms with Crippen molar-refractivity contribution in [1.82, 2.24) is 7.06 Å². The van der Waals surface area contributed by atoms with Gasteiger partial charge in [-0.25, -0.2) is 0 Å². The topological polar surface area (TPSA) is 96.5 Å². The third-order valence-electron chi connectivity index (χ3n) is 5.87. The molecule has 2 N–H and O–H groups in total. The van der Waals surface area contributed by atoms with Crippen molar-refractivity contribution in [3.8, 4) is 0 Å².